The molecule has 1 N–H and O–H groups in total. The molecule has 6 nitrogen and oxygen atoms in total. The van der Waals surface area contributed by atoms with Crippen LogP contribution in [0.25, 0.3) is 0 Å². The van der Waals surface area contributed by atoms with Crippen LogP contribution in [0.1, 0.15) is 19.4 Å². The van der Waals surface area contributed by atoms with Crippen LogP contribution in [0.3, 0.4) is 0 Å². The number of anilines is 1. The lowest BCUT2D eigenvalue weighted by atomic mass is 9.93. The van der Waals surface area contributed by atoms with Crippen molar-refractivity contribution >= 4 is 23.5 Å². The summed E-state index contributed by atoms with van der Waals surface area (Å²) in [5.74, 6) is -2.09. The smallest absolute Gasteiger partial charge is 0.334 e. The van der Waals surface area contributed by atoms with Crippen LogP contribution < -0.4 is 4.90 Å². The van der Waals surface area contributed by atoms with Crippen LogP contribution in [-0.4, -0.2) is 41.1 Å². The van der Waals surface area contributed by atoms with Crippen LogP contribution in [-0.2, 0) is 14.3 Å². The first-order chi connectivity index (χ1) is 12.9. The summed E-state index contributed by atoms with van der Waals surface area (Å²) >= 11 is 0. The molecule has 0 radical (unpaired) electrons. The van der Waals surface area contributed by atoms with Gasteiger partial charge in [0, 0.05) is 11.3 Å². The number of carboxylic acid groups (broad SMARTS) is 1. The number of amidine groups is 1. The topological polar surface area (TPSA) is 79.2 Å². The fourth-order valence-corrected chi connectivity index (χ4v) is 3.09. The number of carbonyl (C=O) groups is 2. The van der Waals surface area contributed by atoms with Gasteiger partial charge in [-0.2, -0.15) is 0 Å². The normalized spacial score (nSPS) is 21.7. The van der Waals surface area contributed by atoms with E-state index in [9.17, 15) is 19.1 Å². The first-order valence-corrected chi connectivity index (χ1v) is 8.48. The number of hydrogen-bond acceptors (Lipinski definition) is 5. The molecular weight excluding hydrogens is 351 g/mol. The lowest BCUT2D eigenvalue weighted by Crippen LogP contribution is -2.55. The SMILES string of the molecule is CCOC(=O)[C@H]1N(c2ccc(F)cc2)C(c2ccccc2)=N[C@]1(C)C(=O)O. The minimum absolute atomic E-state index is 0.100. The largest absolute Gasteiger partial charge is 0.479 e. The van der Waals surface area contributed by atoms with E-state index in [1.54, 1.807) is 31.2 Å². The third kappa shape index (κ3) is 3.28. The molecule has 0 saturated carbocycles. The van der Waals surface area contributed by atoms with E-state index in [1.807, 2.05) is 6.07 Å². The molecule has 140 valence electrons. The van der Waals surface area contributed by atoms with Crippen molar-refractivity contribution in [2.45, 2.75) is 25.4 Å². The molecule has 0 saturated heterocycles. The van der Waals surface area contributed by atoms with Gasteiger partial charge in [0.05, 0.1) is 6.61 Å². The molecule has 2 aromatic rings. The summed E-state index contributed by atoms with van der Waals surface area (Å²) in [6.07, 6.45) is 0. The Balaban J connectivity index is 2.21. The van der Waals surface area contributed by atoms with E-state index in [-0.39, 0.29) is 6.61 Å². The van der Waals surface area contributed by atoms with Crippen LogP contribution in [0.15, 0.2) is 59.6 Å². The van der Waals surface area contributed by atoms with Gasteiger partial charge in [-0.25, -0.2) is 19.0 Å². The maximum Gasteiger partial charge on any atom is 0.334 e. The van der Waals surface area contributed by atoms with Crippen molar-refractivity contribution in [3.05, 3.63) is 66.0 Å². The molecule has 0 bridgehead atoms. The minimum atomic E-state index is -1.76. The fourth-order valence-electron chi connectivity index (χ4n) is 3.09. The van der Waals surface area contributed by atoms with Crippen molar-refractivity contribution in [3.63, 3.8) is 0 Å². The van der Waals surface area contributed by atoms with E-state index in [1.165, 1.54) is 36.1 Å². The number of rotatable bonds is 5. The Morgan fingerprint density at radius 1 is 1.19 bits per heavy atom. The van der Waals surface area contributed by atoms with E-state index >= 15 is 0 Å². The lowest BCUT2D eigenvalue weighted by Gasteiger charge is -2.31. The van der Waals surface area contributed by atoms with Crippen LogP contribution in [0, 0.1) is 5.82 Å². The number of carbonyl (C=O) groups excluding carboxylic acids is 1. The second kappa shape index (κ2) is 7.19. The van der Waals surface area contributed by atoms with Crippen LogP contribution in [0.4, 0.5) is 10.1 Å². The summed E-state index contributed by atoms with van der Waals surface area (Å²) in [6.45, 7) is 3.12. The van der Waals surface area contributed by atoms with Gasteiger partial charge in [-0.05, 0) is 38.1 Å². The van der Waals surface area contributed by atoms with Gasteiger partial charge in [0.1, 0.15) is 11.7 Å². The molecule has 0 unspecified atom stereocenters. The number of halogens is 1. The van der Waals surface area contributed by atoms with Crippen molar-refractivity contribution in [2.24, 2.45) is 4.99 Å². The van der Waals surface area contributed by atoms with Crippen LogP contribution >= 0.6 is 0 Å². The average molecular weight is 370 g/mol. The summed E-state index contributed by atoms with van der Waals surface area (Å²) in [5.41, 5.74) is -0.672. The Kier molecular flexibility index (Phi) is 4.94. The van der Waals surface area contributed by atoms with Crippen LogP contribution in [0.2, 0.25) is 0 Å². The van der Waals surface area contributed by atoms with Gasteiger partial charge in [0.2, 0.25) is 0 Å². The molecule has 0 aliphatic carbocycles. The Hall–Kier alpha value is -3.22. The average Bonchev–Trinajstić information content (AvgIpc) is 2.98. The first kappa shape index (κ1) is 18.6. The number of esters is 1. The molecule has 1 aliphatic rings. The fraction of sp³-hybridized carbons (Fsp3) is 0.250. The zero-order valence-electron chi connectivity index (χ0n) is 14.9. The highest BCUT2D eigenvalue weighted by atomic mass is 19.1. The molecule has 0 spiro atoms. The van der Waals surface area contributed by atoms with E-state index in [0.29, 0.717) is 17.1 Å². The Morgan fingerprint density at radius 2 is 1.81 bits per heavy atom. The number of aliphatic carboxylic acids is 1. The molecule has 0 fully saturated rings. The molecule has 1 aliphatic heterocycles. The van der Waals surface area contributed by atoms with Crippen molar-refractivity contribution in [3.8, 4) is 0 Å². The predicted molar refractivity (Wildman–Crippen MR) is 98.3 cm³/mol. The van der Waals surface area contributed by atoms with Crippen LogP contribution in [0.5, 0.6) is 0 Å². The van der Waals surface area contributed by atoms with Gasteiger partial charge in [-0.3, -0.25) is 0 Å². The van der Waals surface area contributed by atoms with Crippen molar-refractivity contribution in [2.75, 3.05) is 11.5 Å². The molecule has 7 heteroatoms. The van der Waals surface area contributed by atoms with Crippen molar-refractivity contribution < 1.29 is 23.8 Å². The standard InChI is InChI=1S/C20H19FN2O4/c1-3-27-18(24)16-20(2,19(25)26)22-17(13-7-5-4-6-8-13)23(16)15-11-9-14(21)10-12-15/h4-12,16H,3H2,1-2H3,(H,25,26)/t16-,20+/m1/s1. The number of benzene rings is 2. The zero-order chi connectivity index (χ0) is 19.6. The van der Waals surface area contributed by atoms with Crippen molar-refractivity contribution in [1.29, 1.82) is 0 Å². The summed E-state index contributed by atoms with van der Waals surface area (Å²) in [4.78, 5) is 30.7. The van der Waals surface area contributed by atoms with Gasteiger partial charge in [0.25, 0.3) is 0 Å². The van der Waals surface area contributed by atoms with E-state index in [0.717, 1.165) is 0 Å². The molecule has 0 amide bonds. The number of hydrogen-bond donors (Lipinski definition) is 1. The monoisotopic (exact) mass is 370 g/mol. The number of carboxylic acids is 1. The summed E-state index contributed by atoms with van der Waals surface area (Å²) < 4.78 is 18.6. The molecule has 1 heterocycles. The number of nitrogens with zero attached hydrogens (tertiary/aromatic N) is 2. The third-order valence-electron chi connectivity index (χ3n) is 4.44. The van der Waals surface area contributed by atoms with Crippen molar-refractivity contribution in [1.82, 2.24) is 0 Å². The lowest BCUT2D eigenvalue weighted by molar-refractivity contribution is -0.153. The van der Waals surface area contributed by atoms with Gasteiger partial charge < -0.3 is 14.7 Å². The van der Waals surface area contributed by atoms with E-state index in [2.05, 4.69) is 4.99 Å². The third-order valence-corrected chi connectivity index (χ3v) is 4.44. The quantitative estimate of drug-likeness (QED) is 0.819. The van der Waals surface area contributed by atoms with E-state index < -0.39 is 29.3 Å². The number of ether oxygens (including phenoxy) is 1. The second-order valence-corrected chi connectivity index (χ2v) is 6.26. The molecular formula is C20H19FN2O4. The predicted octanol–water partition coefficient (Wildman–Crippen LogP) is 2.87. The molecule has 27 heavy (non-hydrogen) atoms. The van der Waals surface area contributed by atoms with E-state index in [4.69, 9.17) is 4.74 Å². The summed E-state index contributed by atoms with van der Waals surface area (Å²) in [7, 11) is 0. The zero-order valence-corrected chi connectivity index (χ0v) is 14.9. The second-order valence-electron chi connectivity index (χ2n) is 6.26. The summed E-state index contributed by atoms with van der Waals surface area (Å²) in [6, 6.07) is 13.2. The highest BCUT2D eigenvalue weighted by Crippen LogP contribution is 2.36. The summed E-state index contributed by atoms with van der Waals surface area (Å²) in [5, 5.41) is 9.83. The first-order valence-electron chi connectivity index (χ1n) is 8.48. The van der Waals surface area contributed by atoms with Gasteiger partial charge in [-0.1, -0.05) is 30.3 Å². The molecule has 2 atom stereocenters. The van der Waals surface area contributed by atoms with Gasteiger partial charge in [-0.15, -0.1) is 0 Å². The van der Waals surface area contributed by atoms with Gasteiger partial charge >= 0.3 is 11.9 Å². The maximum atomic E-state index is 13.4. The molecule has 0 aromatic heterocycles. The highest BCUT2D eigenvalue weighted by molar-refractivity contribution is 6.17. The maximum absolute atomic E-state index is 13.4. The highest BCUT2D eigenvalue weighted by Gasteiger charge is 2.56. The molecule has 3 rings (SSSR count). The minimum Gasteiger partial charge on any atom is -0.479 e. The Labute approximate surface area is 155 Å². The Bertz CT molecular complexity index is 883. The molecule has 2 aromatic carbocycles. The van der Waals surface area contributed by atoms with Gasteiger partial charge in [0.15, 0.2) is 11.6 Å². The Morgan fingerprint density at radius 3 is 2.37 bits per heavy atom. The number of aliphatic imine (C=N–C) groups is 1.